The molecular weight excluding hydrogens is 444 g/mol. The Morgan fingerprint density at radius 3 is 2.53 bits per heavy atom. The van der Waals surface area contributed by atoms with E-state index >= 15 is 0 Å². The summed E-state index contributed by atoms with van der Waals surface area (Å²) in [7, 11) is -3.67. The summed E-state index contributed by atoms with van der Waals surface area (Å²) in [5.74, 6) is -0.158. The number of morpholine rings is 1. The van der Waals surface area contributed by atoms with Gasteiger partial charge in [-0.25, -0.2) is 8.42 Å². The molecular formula is C24H24N2O4S2. The van der Waals surface area contributed by atoms with Crippen LogP contribution >= 0.6 is 11.3 Å². The number of thiophene rings is 1. The Kier molecular flexibility index (Phi) is 5.86. The summed E-state index contributed by atoms with van der Waals surface area (Å²) in [5, 5.41) is 2.07. The van der Waals surface area contributed by atoms with E-state index in [1.807, 2.05) is 35.2 Å². The Morgan fingerprint density at radius 1 is 0.969 bits per heavy atom. The number of carbonyl (C=O) groups excluding carboxylic acids is 1. The first-order chi connectivity index (χ1) is 15.6. The second-order valence-electron chi connectivity index (χ2n) is 7.91. The van der Waals surface area contributed by atoms with E-state index in [2.05, 4.69) is 11.4 Å². The number of ether oxygens (including phenoxy) is 1. The zero-order valence-corrected chi connectivity index (χ0v) is 19.1. The summed E-state index contributed by atoms with van der Waals surface area (Å²) in [6, 6.07) is 18.3. The molecule has 0 saturated carbocycles. The lowest BCUT2D eigenvalue weighted by Gasteiger charge is -2.36. The number of benzene rings is 2. The molecule has 5 rings (SSSR count). The first-order valence-corrected chi connectivity index (χ1v) is 13.0. The summed E-state index contributed by atoms with van der Waals surface area (Å²) in [4.78, 5) is 17.0. The van der Waals surface area contributed by atoms with E-state index in [9.17, 15) is 13.2 Å². The van der Waals surface area contributed by atoms with E-state index in [4.69, 9.17) is 4.74 Å². The molecule has 8 heteroatoms. The van der Waals surface area contributed by atoms with Crippen molar-refractivity contribution in [3.63, 3.8) is 0 Å². The Labute approximate surface area is 192 Å². The highest BCUT2D eigenvalue weighted by Crippen LogP contribution is 2.38. The molecule has 0 unspecified atom stereocenters. The number of hydrogen-bond donors (Lipinski definition) is 0. The first-order valence-electron chi connectivity index (χ1n) is 10.7. The van der Waals surface area contributed by atoms with Gasteiger partial charge in [0.1, 0.15) is 0 Å². The van der Waals surface area contributed by atoms with Gasteiger partial charge in [0.15, 0.2) is 0 Å². The Balaban J connectivity index is 1.49. The van der Waals surface area contributed by atoms with E-state index in [1.54, 1.807) is 29.5 Å². The number of rotatable bonds is 4. The third-order valence-electron chi connectivity index (χ3n) is 6.03. The van der Waals surface area contributed by atoms with Crippen molar-refractivity contribution in [3.05, 3.63) is 87.6 Å². The van der Waals surface area contributed by atoms with Crippen LogP contribution < -0.4 is 0 Å². The molecule has 1 fully saturated rings. The molecule has 0 aliphatic carbocycles. The number of carbonyl (C=O) groups is 1. The number of hydrogen-bond acceptors (Lipinski definition) is 5. The van der Waals surface area contributed by atoms with Gasteiger partial charge in [-0.15, -0.1) is 11.3 Å². The van der Waals surface area contributed by atoms with Crippen molar-refractivity contribution in [3.8, 4) is 0 Å². The fraction of sp³-hybridized carbons (Fsp3) is 0.292. The number of nitrogens with zero attached hydrogens (tertiary/aromatic N) is 2. The van der Waals surface area contributed by atoms with Crippen molar-refractivity contribution in [2.75, 3.05) is 32.8 Å². The molecule has 1 atom stereocenters. The molecule has 2 aliphatic rings. The molecule has 2 aliphatic heterocycles. The molecule has 32 heavy (non-hydrogen) atoms. The van der Waals surface area contributed by atoms with Gasteiger partial charge in [-0.05, 0) is 47.2 Å². The van der Waals surface area contributed by atoms with Crippen LogP contribution in [0.5, 0.6) is 0 Å². The van der Waals surface area contributed by atoms with Gasteiger partial charge in [0.2, 0.25) is 10.0 Å². The van der Waals surface area contributed by atoms with Crippen molar-refractivity contribution in [2.24, 2.45) is 0 Å². The average molecular weight is 469 g/mol. The summed E-state index contributed by atoms with van der Waals surface area (Å²) in [5.41, 5.74) is 2.59. The second kappa shape index (κ2) is 8.78. The van der Waals surface area contributed by atoms with Crippen LogP contribution in [0.3, 0.4) is 0 Å². The number of amides is 1. The van der Waals surface area contributed by atoms with Gasteiger partial charge in [-0.3, -0.25) is 4.79 Å². The van der Waals surface area contributed by atoms with Crippen molar-refractivity contribution >= 4 is 27.3 Å². The van der Waals surface area contributed by atoms with E-state index in [0.717, 1.165) is 17.5 Å². The van der Waals surface area contributed by atoms with Crippen LogP contribution in [0.4, 0.5) is 0 Å². The molecule has 3 heterocycles. The molecule has 0 N–H and O–H groups in total. The minimum atomic E-state index is -3.67. The van der Waals surface area contributed by atoms with Crippen molar-refractivity contribution < 1.29 is 17.9 Å². The van der Waals surface area contributed by atoms with Gasteiger partial charge in [0.25, 0.3) is 5.91 Å². The minimum absolute atomic E-state index is 0.148. The normalized spacial score (nSPS) is 19.5. The molecule has 2 aromatic carbocycles. The number of fused-ring (bicyclic) bond motifs is 1. The third kappa shape index (κ3) is 3.88. The lowest BCUT2D eigenvalue weighted by atomic mass is 9.92. The fourth-order valence-corrected chi connectivity index (χ4v) is 6.78. The van der Waals surface area contributed by atoms with Gasteiger partial charge >= 0.3 is 0 Å². The quantitative estimate of drug-likeness (QED) is 0.587. The third-order valence-corrected chi connectivity index (χ3v) is 8.92. The van der Waals surface area contributed by atoms with Gasteiger partial charge < -0.3 is 9.64 Å². The minimum Gasteiger partial charge on any atom is -0.379 e. The summed E-state index contributed by atoms with van der Waals surface area (Å²) >= 11 is 1.72. The van der Waals surface area contributed by atoms with Crippen molar-refractivity contribution in [1.82, 2.24) is 9.21 Å². The maximum Gasteiger partial charge on any atom is 0.254 e. The fourth-order valence-electron chi connectivity index (χ4n) is 4.42. The maximum absolute atomic E-state index is 13.7. The van der Waals surface area contributed by atoms with Crippen molar-refractivity contribution in [2.45, 2.75) is 17.4 Å². The van der Waals surface area contributed by atoms with E-state index in [0.29, 0.717) is 38.4 Å². The van der Waals surface area contributed by atoms with Crippen LogP contribution in [-0.2, 0) is 21.2 Å². The summed E-state index contributed by atoms with van der Waals surface area (Å²) in [6.07, 6.45) is 0.799. The number of sulfonamides is 1. The monoisotopic (exact) mass is 468 g/mol. The highest BCUT2D eigenvalue weighted by molar-refractivity contribution is 7.89. The molecule has 0 bridgehead atoms. The predicted molar refractivity (Wildman–Crippen MR) is 123 cm³/mol. The standard InChI is InChI=1S/C24H24N2O4S2/c27-24(19-7-4-8-20(17-19)32(28,29)25-12-14-30-15-13-25)26-11-9-22-21(10-16-31-22)23(26)18-5-2-1-3-6-18/h1-8,10,16-17,23H,9,11-15H2/t23-/m1/s1. The zero-order valence-electron chi connectivity index (χ0n) is 17.5. The molecule has 3 aromatic rings. The van der Waals surface area contributed by atoms with Crippen LogP contribution in [0, 0.1) is 0 Å². The molecule has 1 aromatic heterocycles. The van der Waals surface area contributed by atoms with Gasteiger partial charge in [-0.2, -0.15) is 4.31 Å². The molecule has 0 radical (unpaired) electrons. The Hall–Kier alpha value is -2.52. The summed E-state index contributed by atoms with van der Waals surface area (Å²) < 4.78 is 32.9. The van der Waals surface area contributed by atoms with Crippen LogP contribution in [-0.4, -0.2) is 56.4 Å². The SMILES string of the molecule is O=C(c1cccc(S(=O)(=O)N2CCOCC2)c1)N1CCc2sccc2[C@H]1c1ccccc1. The van der Waals surface area contributed by atoms with E-state index in [-0.39, 0.29) is 16.8 Å². The molecule has 166 valence electrons. The summed E-state index contributed by atoms with van der Waals surface area (Å²) in [6.45, 7) is 2.00. The predicted octanol–water partition coefficient (Wildman–Crippen LogP) is 3.56. The topological polar surface area (TPSA) is 66.9 Å². The zero-order chi connectivity index (χ0) is 22.1. The molecule has 1 saturated heterocycles. The average Bonchev–Trinajstić information content (AvgIpc) is 3.33. The van der Waals surface area contributed by atoms with Gasteiger partial charge in [0, 0.05) is 30.1 Å². The van der Waals surface area contributed by atoms with Crippen LogP contribution in [0.2, 0.25) is 0 Å². The van der Waals surface area contributed by atoms with Crippen LogP contribution in [0.1, 0.15) is 32.4 Å². The molecule has 1 amide bonds. The molecule has 0 spiro atoms. The second-order valence-corrected chi connectivity index (χ2v) is 10.8. The molecule has 6 nitrogen and oxygen atoms in total. The maximum atomic E-state index is 13.7. The van der Waals surface area contributed by atoms with Gasteiger partial charge in [0.05, 0.1) is 24.2 Å². The largest absolute Gasteiger partial charge is 0.379 e. The Morgan fingerprint density at radius 2 is 1.75 bits per heavy atom. The van der Waals surface area contributed by atoms with E-state index in [1.165, 1.54) is 15.2 Å². The first kappa shape index (κ1) is 21.3. The van der Waals surface area contributed by atoms with Crippen LogP contribution in [0.25, 0.3) is 0 Å². The van der Waals surface area contributed by atoms with Crippen molar-refractivity contribution in [1.29, 1.82) is 0 Å². The van der Waals surface area contributed by atoms with Gasteiger partial charge in [-0.1, -0.05) is 36.4 Å². The Bertz CT molecular complexity index is 1220. The highest BCUT2D eigenvalue weighted by atomic mass is 32.2. The smallest absolute Gasteiger partial charge is 0.254 e. The van der Waals surface area contributed by atoms with E-state index < -0.39 is 10.0 Å². The lowest BCUT2D eigenvalue weighted by molar-refractivity contribution is 0.0695. The highest BCUT2D eigenvalue weighted by Gasteiger charge is 2.34. The lowest BCUT2D eigenvalue weighted by Crippen LogP contribution is -2.41. The van der Waals surface area contributed by atoms with Crippen LogP contribution in [0.15, 0.2) is 70.9 Å².